The summed E-state index contributed by atoms with van der Waals surface area (Å²) in [5.74, 6) is -2.08. The Labute approximate surface area is 162 Å². The molecule has 1 amide bonds. The number of carbonyl (C=O) groups is 3. The Balaban J connectivity index is 3.14. The van der Waals surface area contributed by atoms with E-state index in [1.54, 1.807) is 0 Å². The fourth-order valence-corrected chi connectivity index (χ4v) is 2.89. The van der Waals surface area contributed by atoms with Gasteiger partial charge in [-0.15, -0.1) is 0 Å². The number of amides is 1. The Morgan fingerprint density at radius 3 is 2.32 bits per heavy atom. The average molecular weight is 427 g/mol. The molecular weight excluding hydrogens is 402 g/mol. The van der Waals surface area contributed by atoms with Gasteiger partial charge in [0.1, 0.15) is 18.2 Å². The molecule has 1 saturated heterocycles. The van der Waals surface area contributed by atoms with Crippen LogP contribution in [0.2, 0.25) is 0 Å². The fraction of sp³-hybridized carbons (Fsp3) is 0.800. The van der Waals surface area contributed by atoms with Gasteiger partial charge < -0.3 is 29.4 Å². The molecule has 1 rings (SSSR count). The first kappa shape index (κ1) is 24.2. The number of methoxy groups -OCH3 is 1. The third-order valence-corrected chi connectivity index (χ3v) is 4.23. The van der Waals surface area contributed by atoms with Crippen LogP contribution in [0.3, 0.4) is 0 Å². The second kappa shape index (κ2) is 10.1. The van der Waals surface area contributed by atoms with E-state index in [9.17, 15) is 27.9 Å². The van der Waals surface area contributed by atoms with E-state index in [0.29, 0.717) is 0 Å². The standard InChI is InChI=1S/C15H25NO11S/c1-7(14(20)23-4)25-15-11(16-8(2)17)12(19)13(26-9(3)18)10(27-15)6-24-28(5,21)22/h7,10-13,15,19H,6H2,1-5H3,(H,16,17)/t7?,10-,11-,12-,13-,15+/m1/s1. The normalized spacial score (nSPS) is 28.9. The van der Waals surface area contributed by atoms with Gasteiger partial charge in [-0.25, -0.2) is 4.79 Å². The molecule has 0 bridgehead atoms. The highest BCUT2D eigenvalue weighted by atomic mass is 32.2. The van der Waals surface area contributed by atoms with Gasteiger partial charge in [-0.05, 0) is 6.92 Å². The van der Waals surface area contributed by atoms with E-state index in [-0.39, 0.29) is 0 Å². The molecule has 0 aliphatic carbocycles. The topological polar surface area (TPSA) is 164 Å². The molecule has 1 heterocycles. The van der Waals surface area contributed by atoms with Crippen molar-refractivity contribution in [3.63, 3.8) is 0 Å². The molecule has 0 aromatic rings. The number of esters is 2. The zero-order chi connectivity index (χ0) is 21.6. The van der Waals surface area contributed by atoms with Gasteiger partial charge in [-0.3, -0.25) is 13.8 Å². The van der Waals surface area contributed by atoms with Crippen molar-refractivity contribution in [2.24, 2.45) is 0 Å². The fourth-order valence-electron chi connectivity index (χ4n) is 2.51. The van der Waals surface area contributed by atoms with E-state index in [1.807, 2.05) is 0 Å². The van der Waals surface area contributed by atoms with Gasteiger partial charge >= 0.3 is 11.9 Å². The maximum absolute atomic E-state index is 11.6. The first-order valence-electron chi connectivity index (χ1n) is 8.21. The van der Waals surface area contributed by atoms with Crippen LogP contribution in [0.5, 0.6) is 0 Å². The third-order valence-electron chi connectivity index (χ3n) is 3.66. The van der Waals surface area contributed by atoms with E-state index in [1.165, 1.54) is 13.8 Å². The van der Waals surface area contributed by atoms with Crippen LogP contribution in [-0.4, -0.2) is 88.1 Å². The molecule has 0 aromatic carbocycles. The molecule has 1 aliphatic heterocycles. The van der Waals surface area contributed by atoms with Crippen molar-refractivity contribution in [2.75, 3.05) is 20.0 Å². The predicted molar refractivity (Wildman–Crippen MR) is 91.2 cm³/mol. The summed E-state index contributed by atoms with van der Waals surface area (Å²) in [6.07, 6.45) is -5.92. The molecule has 0 radical (unpaired) electrons. The lowest BCUT2D eigenvalue weighted by molar-refractivity contribution is -0.281. The monoisotopic (exact) mass is 427 g/mol. The van der Waals surface area contributed by atoms with E-state index in [4.69, 9.17) is 14.2 Å². The van der Waals surface area contributed by atoms with E-state index in [0.717, 1.165) is 20.3 Å². The Bertz CT molecular complexity index is 679. The summed E-state index contributed by atoms with van der Waals surface area (Å²) in [6, 6.07) is -1.23. The van der Waals surface area contributed by atoms with Crippen molar-refractivity contribution < 1.29 is 51.0 Å². The van der Waals surface area contributed by atoms with Crippen LogP contribution in [0, 0.1) is 0 Å². The van der Waals surface area contributed by atoms with Gasteiger partial charge in [0.25, 0.3) is 10.1 Å². The molecule has 2 N–H and O–H groups in total. The Morgan fingerprint density at radius 1 is 1.25 bits per heavy atom. The average Bonchev–Trinajstić information content (AvgIpc) is 2.56. The van der Waals surface area contributed by atoms with Crippen molar-refractivity contribution in [3.05, 3.63) is 0 Å². The number of hydrogen-bond donors (Lipinski definition) is 2. The zero-order valence-electron chi connectivity index (χ0n) is 16.1. The first-order valence-corrected chi connectivity index (χ1v) is 10.0. The maximum atomic E-state index is 11.6. The smallest absolute Gasteiger partial charge is 0.334 e. The number of rotatable bonds is 8. The minimum atomic E-state index is -3.87. The van der Waals surface area contributed by atoms with Crippen LogP contribution in [0.4, 0.5) is 0 Å². The Morgan fingerprint density at radius 2 is 1.86 bits per heavy atom. The highest BCUT2D eigenvalue weighted by Gasteiger charge is 2.49. The zero-order valence-corrected chi connectivity index (χ0v) is 16.9. The van der Waals surface area contributed by atoms with Gasteiger partial charge in [-0.1, -0.05) is 0 Å². The highest BCUT2D eigenvalue weighted by molar-refractivity contribution is 7.85. The lowest BCUT2D eigenvalue weighted by Crippen LogP contribution is -2.66. The molecular formula is C15H25NO11S. The summed E-state index contributed by atoms with van der Waals surface area (Å²) in [6.45, 7) is 3.00. The molecule has 6 atom stereocenters. The van der Waals surface area contributed by atoms with Gasteiger partial charge in [0.15, 0.2) is 18.5 Å². The van der Waals surface area contributed by atoms with Gasteiger partial charge in [0.05, 0.1) is 20.0 Å². The van der Waals surface area contributed by atoms with Crippen molar-refractivity contribution in [2.45, 2.75) is 57.5 Å². The summed E-state index contributed by atoms with van der Waals surface area (Å²) >= 11 is 0. The highest BCUT2D eigenvalue weighted by Crippen LogP contribution is 2.26. The van der Waals surface area contributed by atoms with Crippen LogP contribution in [0.25, 0.3) is 0 Å². The van der Waals surface area contributed by atoms with E-state index in [2.05, 4.69) is 14.2 Å². The molecule has 162 valence electrons. The third kappa shape index (κ3) is 7.31. The van der Waals surface area contributed by atoms with Crippen molar-refractivity contribution in [1.82, 2.24) is 5.32 Å². The SMILES string of the molecule is COC(=O)C(C)O[C@H]1O[C@H](COS(C)(=O)=O)[C@@H](OC(C)=O)[C@H](O)[C@H]1NC(C)=O. The molecule has 1 aliphatic rings. The second-order valence-corrected chi connectivity index (χ2v) is 7.77. The Kier molecular flexibility index (Phi) is 8.75. The minimum absolute atomic E-state index is 0.556. The summed E-state index contributed by atoms with van der Waals surface area (Å²) < 4.78 is 47.8. The molecule has 0 spiro atoms. The van der Waals surface area contributed by atoms with Gasteiger partial charge in [0, 0.05) is 13.8 Å². The van der Waals surface area contributed by atoms with E-state index >= 15 is 0 Å². The first-order chi connectivity index (χ1) is 12.9. The number of hydrogen-bond acceptors (Lipinski definition) is 11. The predicted octanol–water partition coefficient (Wildman–Crippen LogP) is -1.94. The number of aliphatic hydroxyl groups is 1. The molecule has 28 heavy (non-hydrogen) atoms. The largest absolute Gasteiger partial charge is 0.467 e. The number of ether oxygens (including phenoxy) is 4. The molecule has 0 aromatic heterocycles. The molecule has 12 nitrogen and oxygen atoms in total. The summed E-state index contributed by atoms with van der Waals surface area (Å²) in [4.78, 5) is 34.5. The summed E-state index contributed by atoms with van der Waals surface area (Å²) in [5.41, 5.74) is 0. The maximum Gasteiger partial charge on any atom is 0.334 e. The van der Waals surface area contributed by atoms with Crippen molar-refractivity contribution in [1.29, 1.82) is 0 Å². The number of nitrogens with one attached hydrogen (secondary N) is 1. The lowest BCUT2D eigenvalue weighted by atomic mass is 9.96. The Hall–Kier alpha value is -1.80. The molecule has 1 fully saturated rings. The second-order valence-electron chi connectivity index (χ2n) is 6.12. The summed E-state index contributed by atoms with van der Waals surface area (Å²) in [5, 5.41) is 13.0. The van der Waals surface area contributed by atoms with Crippen LogP contribution in [0.1, 0.15) is 20.8 Å². The van der Waals surface area contributed by atoms with E-state index < -0.39 is 71.3 Å². The van der Waals surface area contributed by atoms with Crippen LogP contribution in [-0.2, 0) is 47.6 Å². The minimum Gasteiger partial charge on any atom is -0.467 e. The number of aliphatic hydroxyl groups excluding tert-OH is 1. The van der Waals surface area contributed by atoms with Crippen molar-refractivity contribution >= 4 is 28.0 Å². The molecule has 1 unspecified atom stereocenters. The van der Waals surface area contributed by atoms with Crippen LogP contribution in [0.15, 0.2) is 0 Å². The molecule has 0 saturated carbocycles. The van der Waals surface area contributed by atoms with Gasteiger partial charge in [-0.2, -0.15) is 8.42 Å². The molecule has 13 heteroatoms. The van der Waals surface area contributed by atoms with Crippen molar-refractivity contribution in [3.8, 4) is 0 Å². The number of carbonyl (C=O) groups excluding carboxylic acids is 3. The van der Waals surface area contributed by atoms with Gasteiger partial charge in [0.2, 0.25) is 5.91 Å². The van der Waals surface area contributed by atoms with Crippen LogP contribution < -0.4 is 5.32 Å². The van der Waals surface area contributed by atoms with Crippen LogP contribution >= 0.6 is 0 Å². The summed E-state index contributed by atoms with van der Waals surface area (Å²) in [7, 11) is -2.73. The quantitative estimate of drug-likeness (QED) is 0.327. The lowest BCUT2D eigenvalue weighted by Gasteiger charge is -2.44.